The molecular formula is C15H16BrNO. The Morgan fingerprint density at radius 1 is 1.11 bits per heavy atom. The molecule has 0 bridgehead atoms. The van der Waals surface area contributed by atoms with E-state index in [2.05, 4.69) is 15.9 Å². The van der Waals surface area contributed by atoms with Crippen LogP contribution in [0.25, 0.3) is 0 Å². The maximum absolute atomic E-state index is 5.86. The van der Waals surface area contributed by atoms with Crippen LogP contribution in [-0.4, -0.2) is 0 Å². The lowest BCUT2D eigenvalue weighted by molar-refractivity contribution is 0.481. The van der Waals surface area contributed by atoms with E-state index in [0.717, 1.165) is 27.1 Å². The number of hydrogen-bond donors (Lipinski definition) is 1. The minimum absolute atomic E-state index is 0.0141. The predicted octanol–water partition coefficient (Wildman–Crippen LogP) is 4.57. The number of hydrogen-bond acceptors (Lipinski definition) is 2. The maximum Gasteiger partial charge on any atom is 0.127 e. The number of ether oxygens (including phenoxy) is 1. The molecule has 2 aromatic carbocycles. The molecule has 2 rings (SSSR count). The second-order valence-electron chi connectivity index (χ2n) is 4.37. The summed E-state index contributed by atoms with van der Waals surface area (Å²) in [5, 5.41) is 0. The highest BCUT2D eigenvalue weighted by Gasteiger charge is 2.03. The maximum atomic E-state index is 5.86. The number of benzene rings is 2. The molecule has 0 radical (unpaired) electrons. The van der Waals surface area contributed by atoms with E-state index in [1.54, 1.807) is 0 Å². The van der Waals surface area contributed by atoms with Crippen molar-refractivity contribution < 1.29 is 4.74 Å². The zero-order valence-corrected chi connectivity index (χ0v) is 12.1. The van der Waals surface area contributed by atoms with Crippen LogP contribution in [0.2, 0.25) is 0 Å². The number of aryl methyl sites for hydroxylation is 1. The van der Waals surface area contributed by atoms with Gasteiger partial charge in [0.25, 0.3) is 0 Å². The third-order valence-electron chi connectivity index (χ3n) is 2.75. The first-order chi connectivity index (χ1) is 8.56. The van der Waals surface area contributed by atoms with Gasteiger partial charge in [-0.3, -0.25) is 0 Å². The van der Waals surface area contributed by atoms with Crippen LogP contribution in [-0.2, 0) is 0 Å². The van der Waals surface area contributed by atoms with Gasteiger partial charge in [0.05, 0.1) is 0 Å². The molecule has 0 aliphatic carbocycles. The lowest BCUT2D eigenvalue weighted by atomic mass is 10.1. The Bertz CT molecular complexity index is 552. The Morgan fingerprint density at radius 2 is 1.83 bits per heavy atom. The second kappa shape index (κ2) is 5.55. The highest BCUT2D eigenvalue weighted by Crippen LogP contribution is 2.27. The van der Waals surface area contributed by atoms with Gasteiger partial charge in [0, 0.05) is 10.5 Å². The van der Waals surface area contributed by atoms with Crippen molar-refractivity contribution >= 4 is 15.9 Å². The molecule has 0 aromatic heterocycles. The number of rotatable bonds is 3. The van der Waals surface area contributed by atoms with Crippen LogP contribution in [0.5, 0.6) is 11.5 Å². The highest BCUT2D eigenvalue weighted by atomic mass is 79.9. The summed E-state index contributed by atoms with van der Waals surface area (Å²) in [4.78, 5) is 0. The molecule has 0 spiro atoms. The van der Waals surface area contributed by atoms with Gasteiger partial charge < -0.3 is 10.5 Å². The van der Waals surface area contributed by atoms with Crippen molar-refractivity contribution in [2.75, 3.05) is 0 Å². The summed E-state index contributed by atoms with van der Waals surface area (Å²) in [6.07, 6.45) is 0. The van der Waals surface area contributed by atoms with Gasteiger partial charge in [-0.05, 0) is 55.3 Å². The van der Waals surface area contributed by atoms with Crippen LogP contribution in [0, 0.1) is 6.92 Å². The lowest BCUT2D eigenvalue weighted by Crippen LogP contribution is -2.04. The van der Waals surface area contributed by atoms with Crippen LogP contribution in [0.1, 0.15) is 24.1 Å². The molecular weight excluding hydrogens is 290 g/mol. The van der Waals surface area contributed by atoms with E-state index in [9.17, 15) is 0 Å². The highest BCUT2D eigenvalue weighted by molar-refractivity contribution is 9.10. The van der Waals surface area contributed by atoms with E-state index < -0.39 is 0 Å². The molecule has 1 unspecified atom stereocenters. The van der Waals surface area contributed by atoms with Crippen LogP contribution < -0.4 is 10.5 Å². The molecule has 2 N–H and O–H groups in total. The topological polar surface area (TPSA) is 35.2 Å². The zero-order valence-electron chi connectivity index (χ0n) is 10.5. The van der Waals surface area contributed by atoms with E-state index in [4.69, 9.17) is 10.5 Å². The smallest absolute Gasteiger partial charge is 0.127 e. The average Bonchev–Trinajstić information content (AvgIpc) is 2.34. The fraction of sp³-hybridized carbons (Fsp3) is 0.200. The van der Waals surface area contributed by atoms with Gasteiger partial charge in [0.1, 0.15) is 11.5 Å². The molecule has 18 heavy (non-hydrogen) atoms. The summed E-state index contributed by atoms with van der Waals surface area (Å²) in [6, 6.07) is 13.8. The van der Waals surface area contributed by atoms with Gasteiger partial charge in [0.2, 0.25) is 0 Å². The SMILES string of the molecule is Cc1cc(Oc2cccc(C(C)N)c2)ccc1Br. The summed E-state index contributed by atoms with van der Waals surface area (Å²) in [5.41, 5.74) is 8.08. The Hall–Kier alpha value is -1.32. The predicted molar refractivity (Wildman–Crippen MR) is 78.0 cm³/mol. The zero-order chi connectivity index (χ0) is 13.1. The standard InChI is InChI=1S/C15H16BrNO/c1-10-8-14(6-7-15(10)16)18-13-5-3-4-12(9-13)11(2)17/h3-9,11H,17H2,1-2H3. The largest absolute Gasteiger partial charge is 0.457 e. The van der Waals surface area contributed by atoms with Crippen molar-refractivity contribution in [3.8, 4) is 11.5 Å². The van der Waals surface area contributed by atoms with E-state index in [0.29, 0.717) is 0 Å². The molecule has 2 aromatic rings. The summed E-state index contributed by atoms with van der Waals surface area (Å²) in [6.45, 7) is 4.00. The van der Waals surface area contributed by atoms with Crippen LogP contribution in [0.4, 0.5) is 0 Å². The summed E-state index contributed by atoms with van der Waals surface area (Å²) in [5.74, 6) is 1.64. The van der Waals surface area contributed by atoms with Crippen LogP contribution in [0.15, 0.2) is 46.9 Å². The van der Waals surface area contributed by atoms with Crippen molar-refractivity contribution in [1.29, 1.82) is 0 Å². The third-order valence-corrected chi connectivity index (χ3v) is 3.64. The van der Waals surface area contributed by atoms with E-state index in [1.807, 2.05) is 56.3 Å². The van der Waals surface area contributed by atoms with E-state index in [1.165, 1.54) is 0 Å². The number of halogens is 1. The molecule has 0 saturated heterocycles. The van der Waals surface area contributed by atoms with Gasteiger partial charge >= 0.3 is 0 Å². The molecule has 1 atom stereocenters. The van der Waals surface area contributed by atoms with Crippen molar-refractivity contribution in [3.05, 3.63) is 58.1 Å². The minimum Gasteiger partial charge on any atom is -0.457 e. The molecule has 0 saturated carbocycles. The van der Waals surface area contributed by atoms with Crippen molar-refractivity contribution in [1.82, 2.24) is 0 Å². The first-order valence-corrected chi connectivity index (χ1v) is 6.65. The van der Waals surface area contributed by atoms with E-state index >= 15 is 0 Å². The molecule has 94 valence electrons. The van der Waals surface area contributed by atoms with Crippen LogP contribution in [0.3, 0.4) is 0 Å². The van der Waals surface area contributed by atoms with E-state index in [-0.39, 0.29) is 6.04 Å². The summed E-state index contributed by atoms with van der Waals surface area (Å²) >= 11 is 3.47. The fourth-order valence-electron chi connectivity index (χ4n) is 1.68. The fourth-order valence-corrected chi connectivity index (χ4v) is 1.92. The lowest BCUT2D eigenvalue weighted by Gasteiger charge is -2.10. The quantitative estimate of drug-likeness (QED) is 0.901. The Labute approximate surface area is 116 Å². The summed E-state index contributed by atoms with van der Waals surface area (Å²) < 4.78 is 6.91. The monoisotopic (exact) mass is 305 g/mol. The normalized spacial score (nSPS) is 12.2. The van der Waals surface area contributed by atoms with Crippen molar-refractivity contribution in [2.24, 2.45) is 5.73 Å². The van der Waals surface area contributed by atoms with Gasteiger partial charge in [-0.25, -0.2) is 0 Å². The van der Waals surface area contributed by atoms with Gasteiger partial charge in [-0.1, -0.05) is 28.1 Å². The molecule has 0 amide bonds. The Balaban J connectivity index is 2.23. The minimum atomic E-state index is 0.0141. The molecule has 0 heterocycles. The molecule has 0 aliphatic rings. The molecule has 0 aliphatic heterocycles. The second-order valence-corrected chi connectivity index (χ2v) is 5.23. The van der Waals surface area contributed by atoms with Gasteiger partial charge in [0.15, 0.2) is 0 Å². The number of nitrogens with two attached hydrogens (primary N) is 1. The Morgan fingerprint density at radius 3 is 2.50 bits per heavy atom. The Kier molecular flexibility index (Phi) is 4.04. The average molecular weight is 306 g/mol. The first kappa shape index (κ1) is 13.1. The van der Waals surface area contributed by atoms with Crippen LogP contribution >= 0.6 is 15.9 Å². The third kappa shape index (κ3) is 3.12. The van der Waals surface area contributed by atoms with Gasteiger partial charge in [-0.2, -0.15) is 0 Å². The van der Waals surface area contributed by atoms with Crippen molar-refractivity contribution in [2.45, 2.75) is 19.9 Å². The summed E-state index contributed by atoms with van der Waals surface area (Å²) in [7, 11) is 0. The van der Waals surface area contributed by atoms with Crippen molar-refractivity contribution in [3.63, 3.8) is 0 Å². The molecule has 0 fully saturated rings. The van der Waals surface area contributed by atoms with Gasteiger partial charge in [-0.15, -0.1) is 0 Å². The molecule has 2 nitrogen and oxygen atoms in total. The first-order valence-electron chi connectivity index (χ1n) is 5.86. The molecule has 3 heteroatoms.